The van der Waals surface area contributed by atoms with Crippen LogP contribution in [-0.4, -0.2) is 98.0 Å². The minimum absolute atomic E-state index is 0.0405. The Morgan fingerprint density at radius 2 is 1.52 bits per heavy atom. The summed E-state index contributed by atoms with van der Waals surface area (Å²) in [5.41, 5.74) is 4.31. The van der Waals surface area contributed by atoms with E-state index in [-0.39, 0.29) is 23.1 Å². The average Bonchev–Trinajstić information content (AvgIpc) is 2.89. The maximum atomic E-state index is 13.2. The molecule has 3 saturated heterocycles. The van der Waals surface area contributed by atoms with E-state index in [9.17, 15) is 23.1 Å². The van der Waals surface area contributed by atoms with Gasteiger partial charge in [0.25, 0.3) is 0 Å². The number of hydrogen-bond acceptors (Lipinski definition) is 8. The highest BCUT2D eigenvalue weighted by Gasteiger charge is 2.38. The van der Waals surface area contributed by atoms with Gasteiger partial charge in [0, 0.05) is 30.7 Å². The van der Waals surface area contributed by atoms with Crippen molar-refractivity contribution in [1.82, 2.24) is 19.8 Å². The summed E-state index contributed by atoms with van der Waals surface area (Å²) in [6.45, 7) is 9.81. The first kappa shape index (κ1) is 31.9. The Balaban J connectivity index is 0.000000371. The van der Waals surface area contributed by atoms with Gasteiger partial charge >= 0.3 is 12.2 Å². The normalized spacial score (nSPS) is 20.2. The standard InChI is InChI=1S/C21H33N3O5S.C6H12N2O2/c1-21(2,3)24(20(25)26)16-9-13-23(14-10-16)30(27,28)19-6-4-5-18(15-19)29-17-7-11-22-12-8-17;7-6(9)10-5-1-3-8-4-2-5/h4-6,15-17,22H,7-14H2,1-3H3,(H,25,26);5,8H,1-4H2,(H2,7,9). The molecule has 0 bridgehead atoms. The van der Waals surface area contributed by atoms with Crippen LogP contribution in [0.5, 0.6) is 5.75 Å². The fourth-order valence-corrected chi connectivity index (χ4v) is 6.88. The number of nitrogens with one attached hydrogen (secondary N) is 2. The van der Waals surface area contributed by atoms with Crippen LogP contribution in [0.2, 0.25) is 0 Å². The molecule has 0 aromatic heterocycles. The van der Waals surface area contributed by atoms with E-state index < -0.39 is 27.7 Å². The number of nitrogens with two attached hydrogens (primary N) is 1. The van der Waals surface area contributed by atoms with Gasteiger partial charge in [-0.05, 0) is 97.6 Å². The molecule has 3 heterocycles. The van der Waals surface area contributed by atoms with Crippen molar-refractivity contribution in [2.45, 2.75) is 88.0 Å². The number of nitrogens with zero attached hydrogens (tertiary/aromatic N) is 2. The van der Waals surface area contributed by atoms with Gasteiger partial charge in [-0.15, -0.1) is 0 Å². The first-order chi connectivity index (χ1) is 18.9. The van der Waals surface area contributed by atoms with Crippen molar-refractivity contribution in [3.63, 3.8) is 0 Å². The second-order valence-electron chi connectivity index (χ2n) is 11.4. The van der Waals surface area contributed by atoms with Crippen LogP contribution in [-0.2, 0) is 14.8 Å². The van der Waals surface area contributed by atoms with Crippen molar-refractivity contribution in [3.8, 4) is 5.75 Å². The molecule has 226 valence electrons. The summed E-state index contributed by atoms with van der Waals surface area (Å²) in [5.74, 6) is 0.572. The van der Waals surface area contributed by atoms with Crippen molar-refractivity contribution in [2.24, 2.45) is 5.73 Å². The third kappa shape index (κ3) is 9.22. The van der Waals surface area contributed by atoms with E-state index in [1.165, 1.54) is 9.21 Å². The third-order valence-electron chi connectivity index (χ3n) is 7.32. The predicted molar refractivity (Wildman–Crippen MR) is 151 cm³/mol. The second-order valence-corrected chi connectivity index (χ2v) is 13.3. The van der Waals surface area contributed by atoms with E-state index in [1.54, 1.807) is 24.3 Å². The monoisotopic (exact) mass is 583 g/mol. The summed E-state index contributed by atoms with van der Waals surface area (Å²) in [4.78, 5) is 23.6. The quantitative estimate of drug-likeness (QED) is 0.394. The Hall–Kier alpha value is -2.61. The Kier molecular flexibility index (Phi) is 11.4. The fourth-order valence-electron chi connectivity index (χ4n) is 5.37. The summed E-state index contributed by atoms with van der Waals surface area (Å²) >= 11 is 0. The largest absolute Gasteiger partial charge is 0.490 e. The van der Waals surface area contributed by atoms with E-state index in [4.69, 9.17) is 15.2 Å². The van der Waals surface area contributed by atoms with E-state index in [1.807, 2.05) is 20.8 Å². The zero-order valence-electron chi connectivity index (χ0n) is 23.8. The highest BCUT2D eigenvalue weighted by Crippen LogP contribution is 2.29. The summed E-state index contributed by atoms with van der Waals surface area (Å²) < 4.78 is 38.6. The van der Waals surface area contributed by atoms with Gasteiger partial charge in [0.1, 0.15) is 18.0 Å². The average molecular weight is 584 g/mol. The minimum Gasteiger partial charge on any atom is -0.490 e. The number of carboxylic acid groups (broad SMARTS) is 1. The smallest absolute Gasteiger partial charge is 0.407 e. The molecular formula is C27H45N5O7S. The molecule has 4 rings (SSSR count). The molecule has 12 nitrogen and oxygen atoms in total. The van der Waals surface area contributed by atoms with Gasteiger partial charge in [-0.25, -0.2) is 18.0 Å². The first-order valence-corrected chi connectivity index (χ1v) is 15.5. The zero-order valence-corrected chi connectivity index (χ0v) is 24.6. The van der Waals surface area contributed by atoms with Crippen LogP contribution in [0.4, 0.5) is 9.59 Å². The van der Waals surface area contributed by atoms with Crippen LogP contribution in [0.1, 0.15) is 59.3 Å². The van der Waals surface area contributed by atoms with E-state index in [2.05, 4.69) is 10.6 Å². The molecule has 13 heteroatoms. The molecule has 3 aliphatic heterocycles. The number of benzene rings is 1. The number of ether oxygens (including phenoxy) is 2. The SMILES string of the molecule is CC(C)(C)N(C(=O)O)C1CCN(S(=O)(=O)c2cccc(OC3CCNCC3)c2)CC1.NC(=O)OC1CCNCC1. The summed E-state index contributed by atoms with van der Waals surface area (Å²) in [7, 11) is -3.66. The number of amides is 2. The lowest BCUT2D eigenvalue weighted by atomic mass is 9.98. The number of carbonyl (C=O) groups is 2. The Morgan fingerprint density at radius 3 is 2.02 bits per heavy atom. The van der Waals surface area contributed by atoms with Gasteiger partial charge in [-0.1, -0.05) is 6.07 Å². The molecule has 0 aliphatic carbocycles. The Bertz CT molecular complexity index is 1070. The van der Waals surface area contributed by atoms with Crippen molar-refractivity contribution < 1.29 is 32.6 Å². The molecule has 0 atom stereocenters. The first-order valence-electron chi connectivity index (χ1n) is 14.0. The number of piperidine rings is 3. The van der Waals surface area contributed by atoms with Crippen LogP contribution in [0.3, 0.4) is 0 Å². The van der Waals surface area contributed by atoms with E-state index in [0.717, 1.165) is 51.9 Å². The van der Waals surface area contributed by atoms with Crippen LogP contribution < -0.4 is 21.1 Å². The van der Waals surface area contributed by atoms with Crippen LogP contribution in [0.15, 0.2) is 29.2 Å². The molecule has 0 radical (unpaired) electrons. The van der Waals surface area contributed by atoms with E-state index in [0.29, 0.717) is 31.7 Å². The number of sulfonamides is 1. The molecule has 0 saturated carbocycles. The number of rotatable bonds is 6. The number of primary amides is 1. The van der Waals surface area contributed by atoms with Gasteiger partial charge in [-0.2, -0.15) is 4.31 Å². The van der Waals surface area contributed by atoms with Crippen molar-refractivity contribution in [1.29, 1.82) is 0 Å². The lowest BCUT2D eigenvalue weighted by Gasteiger charge is -2.43. The number of carbonyl (C=O) groups excluding carboxylic acids is 1. The van der Waals surface area contributed by atoms with E-state index >= 15 is 0 Å². The van der Waals surface area contributed by atoms with Gasteiger partial charge in [0.15, 0.2) is 0 Å². The highest BCUT2D eigenvalue weighted by molar-refractivity contribution is 7.89. The highest BCUT2D eigenvalue weighted by atomic mass is 32.2. The maximum absolute atomic E-state index is 13.2. The topological polar surface area (TPSA) is 164 Å². The Morgan fingerprint density at radius 1 is 0.975 bits per heavy atom. The lowest BCUT2D eigenvalue weighted by molar-refractivity contribution is 0.0523. The lowest BCUT2D eigenvalue weighted by Crippen LogP contribution is -2.55. The van der Waals surface area contributed by atoms with Gasteiger partial charge in [-0.3, -0.25) is 0 Å². The van der Waals surface area contributed by atoms with Crippen LogP contribution >= 0.6 is 0 Å². The van der Waals surface area contributed by atoms with Gasteiger partial charge in [0.05, 0.1) is 4.90 Å². The minimum atomic E-state index is -3.66. The predicted octanol–water partition coefficient (Wildman–Crippen LogP) is 2.58. The Labute approximate surface area is 237 Å². The molecule has 0 unspecified atom stereocenters. The molecule has 5 N–H and O–H groups in total. The fraction of sp³-hybridized carbons (Fsp3) is 0.704. The zero-order chi connectivity index (χ0) is 29.3. The molecule has 3 aliphatic rings. The molecule has 3 fully saturated rings. The summed E-state index contributed by atoms with van der Waals surface area (Å²) in [5, 5.41) is 16.0. The van der Waals surface area contributed by atoms with Crippen molar-refractivity contribution in [2.75, 3.05) is 39.3 Å². The van der Waals surface area contributed by atoms with Crippen LogP contribution in [0, 0.1) is 0 Å². The van der Waals surface area contributed by atoms with Gasteiger partial charge < -0.3 is 35.8 Å². The molecule has 1 aromatic rings. The van der Waals surface area contributed by atoms with Crippen molar-refractivity contribution in [3.05, 3.63) is 24.3 Å². The third-order valence-corrected chi connectivity index (χ3v) is 9.21. The molecular weight excluding hydrogens is 538 g/mol. The summed E-state index contributed by atoms with van der Waals surface area (Å²) in [6, 6.07) is 6.50. The number of hydrogen-bond donors (Lipinski definition) is 4. The van der Waals surface area contributed by atoms with Crippen molar-refractivity contribution >= 4 is 22.2 Å². The maximum Gasteiger partial charge on any atom is 0.407 e. The molecule has 1 aromatic carbocycles. The molecule has 40 heavy (non-hydrogen) atoms. The molecule has 0 spiro atoms. The van der Waals surface area contributed by atoms with Crippen LogP contribution in [0.25, 0.3) is 0 Å². The summed E-state index contributed by atoms with van der Waals surface area (Å²) in [6.07, 6.45) is 3.03. The molecule has 2 amide bonds. The second kappa shape index (κ2) is 14.3. The van der Waals surface area contributed by atoms with Gasteiger partial charge in [0.2, 0.25) is 10.0 Å².